The van der Waals surface area contributed by atoms with Gasteiger partial charge in [0.05, 0.1) is 5.41 Å². The third kappa shape index (κ3) is 2.69. The summed E-state index contributed by atoms with van der Waals surface area (Å²) >= 11 is 0. The number of nitrogens with zero attached hydrogens (tertiary/aromatic N) is 1. The highest BCUT2D eigenvalue weighted by molar-refractivity contribution is 5.83. The predicted octanol–water partition coefficient (Wildman–Crippen LogP) is 2.53. The molecule has 2 aliphatic rings. The lowest BCUT2D eigenvalue weighted by Crippen LogP contribution is -2.45. The van der Waals surface area contributed by atoms with Crippen molar-refractivity contribution in [3.63, 3.8) is 0 Å². The Hall–Kier alpha value is -1.42. The maximum atomic E-state index is 13.0. The van der Waals surface area contributed by atoms with Crippen LogP contribution in [0.3, 0.4) is 0 Å². The molecule has 4 heteroatoms. The van der Waals surface area contributed by atoms with Crippen LogP contribution in [0.2, 0.25) is 0 Å². The Morgan fingerprint density at radius 3 is 2.71 bits per heavy atom. The summed E-state index contributed by atoms with van der Waals surface area (Å²) in [6.07, 6.45) is 1.87. The summed E-state index contributed by atoms with van der Waals surface area (Å²) in [5.74, 6) is 0.384. The van der Waals surface area contributed by atoms with Crippen molar-refractivity contribution in [2.45, 2.75) is 38.6 Å². The van der Waals surface area contributed by atoms with Crippen LogP contribution >= 0.6 is 0 Å². The summed E-state index contributed by atoms with van der Waals surface area (Å²) in [7, 11) is 0. The summed E-state index contributed by atoms with van der Waals surface area (Å²) in [4.78, 5) is 14.9. The van der Waals surface area contributed by atoms with Crippen LogP contribution in [-0.4, -0.2) is 36.5 Å². The maximum absolute atomic E-state index is 13.0. The van der Waals surface area contributed by atoms with Gasteiger partial charge in [-0.05, 0) is 50.9 Å². The number of halogens is 1. The van der Waals surface area contributed by atoms with Gasteiger partial charge in [0.2, 0.25) is 5.91 Å². The summed E-state index contributed by atoms with van der Waals surface area (Å²) in [5.41, 5.74) is 0.875. The van der Waals surface area contributed by atoms with E-state index in [1.807, 2.05) is 17.0 Å². The number of carbonyl (C=O) groups is 1. The van der Waals surface area contributed by atoms with E-state index in [0.717, 1.165) is 38.0 Å². The Morgan fingerprint density at radius 2 is 2.10 bits per heavy atom. The molecule has 2 aliphatic heterocycles. The van der Waals surface area contributed by atoms with E-state index < -0.39 is 0 Å². The SMILES string of the molecule is C[C@@H]1C[C@H](c2ccc(F)cc2)CN1C(=O)[C@@]1(C)CCNC1. The molecule has 1 N–H and O–H groups in total. The molecule has 0 aliphatic carbocycles. The monoisotopic (exact) mass is 290 g/mol. The summed E-state index contributed by atoms with van der Waals surface area (Å²) < 4.78 is 13.0. The molecule has 0 bridgehead atoms. The maximum Gasteiger partial charge on any atom is 0.230 e. The Kier molecular flexibility index (Phi) is 3.74. The first-order valence-electron chi connectivity index (χ1n) is 7.77. The molecule has 0 saturated carbocycles. The molecule has 0 aromatic heterocycles. The number of hydrogen-bond donors (Lipinski definition) is 1. The molecule has 114 valence electrons. The summed E-state index contributed by atoms with van der Waals surface area (Å²) in [6.45, 7) is 6.63. The van der Waals surface area contributed by atoms with E-state index in [2.05, 4.69) is 19.2 Å². The number of likely N-dealkylation sites (tertiary alicyclic amines) is 1. The van der Waals surface area contributed by atoms with E-state index in [0.29, 0.717) is 5.92 Å². The third-order valence-electron chi connectivity index (χ3n) is 5.06. The average molecular weight is 290 g/mol. The van der Waals surface area contributed by atoms with Gasteiger partial charge in [0.25, 0.3) is 0 Å². The van der Waals surface area contributed by atoms with Gasteiger partial charge in [0.1, 0.15) is 5.82 Å². The lowest BCUT2D eigenvalue weighted by molar-refractivity contribution is -0.140. The molecule has 2 heterocycles. The summed E-state index contributed by atoms with van der Waals surface area (Å²) in [6, 6.07) is 6.96. The number of benzene rings is 1. The number of hydrogen-bond acceptors (Lipinski definition) is 2. The Bertz CT molecular complexity index is 522. The number of rotatable bonds is 2. The van der Waals surface area contributed by atoms with Crippen molar-refractivity contribution in [3.8, 4) is 0 Å². The van der Waals surface area contributed by atoms with E-state index in [1.54, 1.807) is 0 Å². The van der Waals surface area contributed by atoms with Gasteiger partial charge < -0.3 is 10.2 Å². The highest BCUT2D eigenvalue weighted by Gasteiger charge is 2.43. The van der Waals surface area contributed by atoms with E-state index in [4.69, 9.17) is 0 Å². The quantitative estimate of drug-likeness (QED) is 0.908. The molecule has 3 rings (SSSR count). The zero-order valence-electron chi connectivity index (χ0n) is 12.7. The number of amides is 1. The Balaban J connectivity index is 1.74. The summed E-state index contributed by atoms with van der Waals surface area (Å²) in [5, 5.41) is 3.29. The number of nitrogens with one attached hydrogen (secondary N) is 1. The van der Waals surface area contributed by atoms with Crippen molar-refractivity contribution < 1.29 is 9.18 Å². The highest BCUT2D eigenvalue weighted by Crippen LogP contribution is 2.36. The van der Waals surface area contributed by atoms with Crippen LogP contribution < -0.4 is 5.32 Å². The van der Waals surface area contributed by atoms with Gasteiger partial charge in [-0.2, -0.15) is 0 Å². The van der Waals surface area contributed by atoms with Crippen LogP contribution in [0.4, 0.5) is 4.39 Å². The standard InChI is InChI=1S/C17H23FN2O/c1-12-9-14(13-3-5-15(18)6-4-13)10-20(12)16(21)17(2)7-8-19-11-17/h3-6,12,14,19H,7-11H2,1-2H3/t12-,14+,17+/m1/s1. The largest absolute Gasteiger partial charge is 0.339 e. The second kappa shape index (κ2) is 5.41. The van der Waals surface area contributed by atoms with Crippen molar-refractivity contribution in [2.75, 3.05) is 19.6 Å². The fourth-order valence-corrected chi connectivity index (χ4v) is 3.64. The molecule has 3 atom stereocenters. The van der Waals surface area contributed by atoms with Crippen molar-refractivity contribution in [2.24, 2.45) is 5.41 Å². The molecule has 1 aromatic carbocycles. The minimum Gasteiger partial charge on any atom is -0.339 e. The second-order valence-electron chi connectivity index (χ2n) is 6.78. The van der Waals surface area contributed by atoms with Gasteiger partial charge >= 0.3 is 0 Å². The molecule has 2 saturated heterocycles. The highest BCUT2D eigenvalue weighted by atomic mass is 19.1. The smallest absolute Gasteiger partial charge is 0.230 e. The third-order valence-corrected chi connectivity index (χ3v) is 5.06. The second-order valence-corrected chi connectivity index (χ2v) is 6.78. The molecule has 2 fully saturated rings. The topological polar surface area (TPSA) is 32.3 Å². The van der Waals surface area contributed by atoms with Crippen LogP contribution in [0.25, 0.3) is 0 Å². The molecular weight excluding hydrogens is 267 g/mol. The van der Waals surface area contributed by atoms with Crippen molar-refractivity contribution >= 4 is 5.91 Å². The van der Waals surface area contributed by atoms with Gasteiger partial charge in [-0.3, -0.25) is 4.79 Å². The molecule has 3 nitrogen and oxygen atoms in total. The van der Waals surface area contributed by atoms with Crippen molar-refractivity contribution in [3.05, 3.63) is 35.6 Å². The predicted molar refractivity (Wildman–Crippen MR) is 80.5 cm³/mol. The molecule has 0 unspecified atom stereocenters. The number of carbonyl (C=O) groups excluding carboxylic acids is 1. The Labute approximate surface area is 125 Å². The zero-order valence-corrected chi connectivity index (χ0v) is 12.7. The van der Waals surface area contributed by atoms with Crippen LogP contribution in [0.5, 0.6) is 0 Å². The Morgan fingerprint density at radius 1 is 1.38 bits per heavy atom. The minimum atomic E-state index is -0.258. The zero-order chi connectivity index (χ0) is 15.0. The lowest BCUT2D eigenvalue weighted by Gasteiger charge is -2.31. The first-order valence-corrected chi connectivity index (χ1v) is 7.77. The first kappa shape index (κ1) is 14.5. The molecule has 0 spiro atoms. The minimum absolute atomic E-state index is 0.206. The lowest BCUT2D eigenvalue weighted by atomic mass is 9.88. The molecule has 1 amide bonds. The van der Waals surface area contributed by atoms with Gasteiger partial charge in [0.15, 0.2) is 0 Å². The van der Waals surface area contributed by atoms with E-state index in [1.165, 1.54) is 12.1 Å². The molecule has 21 heavy (non-hydrogen) atoms. The van der Waals surface area contributed by atoms with Crippen LogP contribution in [-0.2, 0) is 4.79 Å². The van der Waals surface area contributed by atoms with Gasteiger partial charge in [-0.1, -0.05) is 12.1 Å². The van der Waals surface area contributed by atoms with Crippen LogP contribution in [0.15, 0.2) is 24.3 Å². The van der Waals surface area contributed by atoms with E-state index in [9.17, 15) is 9.18 Å². The first-order chi connectivity index (χ1) is 9.99. The van der Waals surface area contributed by atoms with Crippen molar-refractivity contribution in [1.82, 2.24) is 10.2 Å². The normalized spacial score (nSPS) is 32.6. The van der Waals surface area contributed by atoms with E-state index >= 15 is 0 Å². The van der Waals surface area contributed by atoms with Gasteiger partial charge in [-0.15, -0.1) is 0 Å². The van der Waals surface area contributed by atoms with Crippen molar-refractivity contribution in [1.29, 1.82) is 0 Å². The van der Waals surface area contributed by atoms with E-state index in [-0.39, 0.29) is 23.2 Å². The fourth-order valence-electron chi connectivity index (χ4n) is 3.64. The van der Waals surface area contributed by atoms with Crippen LogP contribution in [0.1, 0.15) is 38.2 Å². The molecule has 0 radical (unpaired) electrons. The van der Waals surface area contributed by atoms with Gasteiger partial charge in [-0.25, -0.2) is 4.39 Å². The molecule has 1 aromatic rings. The van der Waals surface area contributed by atoms with Crippen LogP contribution in [0, 0.1) is 11.2 Å². The average Bonchev–Trinajstić information content (AvgIpc) is 3.06. The fraction of sp³-hybridized carbons (Fsp3) is 0.588. The molecular formula is C17H23FN2O. The van der Waals surface area contributed by atoms with Gasteiger partial charge in [0, 0.05) is 25.0 Å².